The first-order valence-corrected chi connectivity index (χ1v) is 6.19. The van der Waals surface area contributed by atoms with Crippen molar-refractivity contribution >= 4 is 15.9 Å². The second kappa shape index (κ2) is 5.52. The zero-order chi connectivity index (χ0) is 10.4. The molecule has 0 aliphatic carbocycles. The molecule has 0 aliphatic heterocycles. The van der Waals surface area contributed by atoms with E-state index in [2.05, 4.69) is 22.9 Å². The van der Waals surface area contributed by atoms with Gasteiger partial charge in [0.2, 0.25) is 0 Å². The molecule has 0 saturated heterocycles. The summed E-state index contributed by atoms with van der Waals surface area (Å²) in [5, 5.41) is 11.0. The summed E-state index contributed by atoms with van der Waals surface area (Å²) >= 11 is 3.39. The van der Waals surface area contributed by atoms with Crippen LogP contribution in [0.5, 0.6) is 0 Å². The van der Waals surface area contributed by atoms with Crippen LogP contribution in [-0.2, 0) is 5.60 Å². The van der Waals surface area contributed by atoms with Gasteiger partial charge in [0.05, 0.1) is 5.60 Å². The Kier molecular flexibility index (Phi) is 4.63. The number of unbranched alkanes of at least 4 members (excludes halogenated alkanes) is 1. The highest BCUT2D eigenvalue weighted by Crippen LogP contribution is 2.28. The number of alkyl halides is 1. The third kappa shape index (κ3) is 2.82. The summed E-state index contributed by atoms with van der Waals surface area (Å²) in [6.07, 6.45) is 2.98. The molecular weight excluding hydrogens is 240 g/mol. The van der Waals surface area contributed by atoms with Gasteiger partial charge in [-0.1, -0.05) is 66.0 Å². The molecule has 0 saturated carbocycles. The van der Waals surface area contributed by atoms with Crippen molar-refractivity contribution in [1.82, 2.24) is 0 Å². The van der Waals surface area contributed by atoms with Crippen LogP contribution < -0.4 is 0 Å². The van der Waals surface area contributed by atoms with Crippen LogP contribution in [0.15, 0.2) is 30.3 Å². The van der Waals surface area contributed by atoms with Gasteiger partial charge >= 0.3 is 0 Å². The molecule has 0 amide bonds. The number of aliphatic hydroxyl groups is 1. The Labute approximate surface area is 94.3 Å². The average molecular weight is 257 g/mol. The molecule has 0 fully saturated rings. The maximum atomic E-state index is 10.4. The monoisotopic (exact) mass is 256 g/mol. The lowest BCUT2D eigenvalue weighted by molar-refractivity contribution is 0.0519. The molecule has 0 aliphatic rings. The van der Waals surface area contributed by atoms with Crippen LogP contribution in [0.3, 0.4) is 0 Å². The first-order chi connectivity index (χ1) is 6.73. The number of halogens is 1. The molecule has 0 bridgehead atoms. The van der Waals surface area contributed by atoms with E-state index in [4.69, 9.17) is 0 Å². The van der Waals surface area contributed by atoms with Gasteiger partial charge in [-0.3, -0.25) is 0 Å². The smallest absolute Gasteiger partial charge is 0.0992 e. The van der Waals surface area contributed by atoms with Crippen LogP contribution in [0, 0.1) is 0 Å². The van der Waals surface area contributed by atoms with Gasteiger partial charge in [0.1, 0.15) is 0 Å². The van der Waals surface area contributed by atoms with Crippen molar-refractivity contribution in [2.24, 2.45) is 0 Å². The minimum absolute atomic E-state index is 0.601. The van der Waals surface area contributed by atoms with Gasteiger partial charge in [0, 0.05) is 5.33 Å². The summed E-state index contributed by atoms with van der Waals surface area (Å²) in [4.78, 5) is 0. The Morgan fingerprint density at radius 2 is 1.93 bits per heavy atom. The van der Waals surface area contributed by atoms with Crippen molar-refractivity contribution in [2.45, 2.75) is 31.8 Å². The number of rotatable bonds is 5. The summed E-state index contributed by atoms with van der Waals surface area (Å²) in [6.45, 7) is 2.14. The molecule has 2 heteroatoms. The summed E-state index contributed by atoms with van der Waals surface area (Å²) in [5.74, 6) is 0. The van der Waals surface area contributed by atoms with Gasteiger partial charge in [0.15, 0.2) is 0 Å². The molecule has 1 rings (SSSR count). The van der Waals surface area contributed by atoms with Crippen molar-refractivity contribution in [3.05, 3.63) is 35.9 Å². The van der Waals surface area contributed by atoms with Crippen LogP contribution >= 0.6 is 15.9 Å². The summed E-state index contributed by atoms with van der Waals surface area (Å²) in [5.41, 5.74) is 0.308. The third-order valence-corrected chi connectivity index (χ3v) is 3.40. The first kappa shape index (κ1) is 11.7. The predicted octanol–water partition coefficient (Wildman–Crippen LogP) is 3.46. The molecule has 78 valence electrons. The van der Waals surface area contributed by atoms with E-state index < -0.39 is 5.60 Å². The van der Waals surface area contributed by atoms with Gasteiger partial charge in [-0.25, -0.2) is 0 Å². The molecule has 1 N–H and O–H groups in total. The Hall–Kier alpha value is -0.340. The fraction of sp³-hybridized carbons (Fsp3) is 0.500. The molecule has 1 nitrogen and oxygen atoms in total. The summed E-state index contributed by atoms with van der Waals surface area (Å²) < 4.78 is 0. The Bertz CT molecular complexity index is 260. The van der Waals surface area contributed by atoms with Crippen molar-refractivity contribution < 1.29 is 5.11 Å². The topological polar surface area (TPSA) is 20.2 Å². The lowest BCUT2D eigenvalue weighted by Crippen LogP contribution is -2.27. The van der Waals surface area contributed by atoms with Crippen molar-refractivity contribution in [3.63, 3.8) is 0 Å². The van der Waals surface area contributed by atoms with E-state index >= 15 is 0 Å². The molecular formula is C12H17BrO. The van der Waals surface area contributed by atoms with Gasteiger partial charge in [-0.15, -0.1) is 0 Å². The zero-order valence-electron chi connectivity index (χ0n) is 8.54. The first-order valence-electron chi connectivity index (χ1n) is 5.07. The minimum atomic E-state index is -0.697. The third-order valence-electron chi connectivity index (χ3n) is 2.48. The molecule has 14 heavy (non-hydrogen) atoms. The van der Waals surface area contributed by atoms with Gasteiger partial charge in [0.25, 0.3) is 0 Å². The zero-order valence-corrected chi connectivity index (χ0v) is 10.1. The largest absolute Gasteiger partial charge is 0.384 e. The minimum Gasteiger partial charge on any atom is -0.384 e. The van der Waals surface area contributed by atoms with Gasteiger partial charge < -0.3 is 5.11 Å². The van der Waals surface area contributed by atoms with E-state index in [1.807, 2.05) is 30.3 Å². The van der Waals surface area contributed by atoms with Crippen molar-refractivity contribution in [3.8, 4) is 0 Å². The maximum Gasteiger partial charge on any atom is 0.0992 e. The fourth-order valence-corrected chi connectivity index (χ4v) is 2.11. The van der Waals surface area contributed by atoms with Crippen molar-refractivity contribution in [1.29, 1.82) is 0 Å². The Morgan fingerprint density at radius 3 is 2.43 bits per heavy atom. The standard InChI is InChI=1S/C12H17BrO/c1-2-3-9-12(14,10-13)11-7-5-4-6-8-11/h4-8,14H,2-3,9-10H2,1H3. The maximum absolute atomic E-state index is 10.4. The molecule has 0 spiro atoms. The van der Waals surface area contributed by atoms with Gasteiger partial charge in [-0.2, -0.15) is 0 Å². The SMILES string of the molecule is CCCCC(O)(CBr)c1ccccc1. The van der Waals surface area contributed by atoms with E-state index in [0.717, 1.165) is 24.8 Å². The van der Waals surface area contributed by atoms with E-state index in [9.17, 15) is 5.11 Å². The van der Waals surface area contributed by atoms with Crippen molar-refractivity contribution in [2.75, 3.05) is 5.33 Å². The second-order valence-electron chi connectivity index (χ2n) is 3.63. The highest BCUT2D eigenvalue weighted by Gasteiger charge is 2.26. The Morgan fingerprint density at radius 1 is 1.29 bits per heavy atom. The average Bonchev–Trinajstić information content (AvgIpc) is 2.27. The predicted molar refractivity (Wildman–Crippen MR) is 63.7 cm³/mol. The lowest BCUT2D eigenvalue weighted by Gasteiger charge is -2.26. The van der Waals surface area contributed by atoms with E-state index in [1.54, 1.807) is 0 Å². The molecule has 1 atom stereocenters. The highest BCUT2D eigenvalue weighted by atomic mass is 79.9. The molecule has 1 unspecified atom stereocenters. The van der Waals surface area contributed by atoms with E-state index in [-0.39, 0.29) is 0 Å². The Balaban J connectivity index is 2.79. The molecule has 0 heterocycles. The molecule has 0 aromatic heterocycles. The molecule has 1 aromatic rings. The lowest BCUT2D eigenvalue weighted by atomic mass is 9.91. The van der Waals surface area contributed by atoms with Crippen LogP contribution in [0.1, 0.15) is 31.7 Å². The van der Waals surface area contributed by atoms with E-state index in [1.165, 1.54) is 0 Å². The normalized spacial score (nSPS) is 15.1. The second-order valence-corrected chi connectivity index (χ2v) is 4.20. The summed E-state index contributed by atoms with van der Waals surface area (Å²) in [7, 11) is 0. The number of hydrogen-bond donors (Lipinski definition) is 1. The van der Waals surface area contributed by atoms with Crippen LogP contribution in [0.4, 0.5) is 0 Å². The number of benzene rings is 1. The van der Waals surface area contributed by atoms with Crippen LogP contribution in [0.2, 0.25) is 0 Å². The van der Waals surface area contributed by atoms with Crippen LogP contribution in [0.25, 0.3) is 0 Å². The highest BCUT2D eigenvalue weighted by molar-refractivity contribution is 9.09. The van der Waals surface area contributed by atoms with Gasteiger partial charge in [-0.05, 0) is 12.0 Å². The quantitative estimate of drug-likeness (QED) is 0.801. The molecule has 0 radical (unpaired) electrons. The van der Waals surface area contributed by atoms with E-state index in [0.29, 0.717) is 5.33 Å². The van der Waals surface area contributed by atoms with Crippen LogP contribution in [-0.4, -0.2) is 10.4 Å². The fourth-order valence-electron chi connectivity index (χ4n) is 1.51. The summed E-state index contributed by atoms with van der Waals surface area (Å²) in [6, 6.07) is 9.87. The number of hydrogen-bond acceptors (Lipinski definition) is 1. The molecule has 1 aromatic carbocycles.